The molecule has 3 nitrogen and oxygen atoms in total. The predicted octanol–water partition coefficient (Wildman–Crippen LogP) is 4.30. The van der Waals surface area contributed by atoms with E-state index in [0.29, 0.717) is 10.0 Å². The Kier molecular flexibility index (Phi) is 5.08. The van der Waals surface area contributed by atoms with Gasteiger partial charge in [-0.1, -0.05) is 30.1 Å². The molecule has 0 fully saturated rings. The molecule has 1 aromatic heterocycles. The first-order valence-corrected chi connectivity index (χ1v) is 7.51. The van der Waals surface area contributed by atoms with Gasteiger partial charge in [0.2, 0.25) is 0 Å². The molecule has 5 heteroatoms. The second-order valence-electron chi connectivity index (χ2n) is 4.84. The van der Waals surface area contributed by atoms with Crippen molar-refractivity contribution in [1.82, 2.24) is 15.1 Å². The summed E-state index contributed by atoms with van der Waals surface area (Å²) < 4.78 is 1.92. The number of hydrogen-bond acceptors (Lipinski definition) is 2. The Hall–Kier alpha value is -1.03. The molecule has 0 saturated heterocycles. The molecule has 0 amide bonds. The smallest absolute Gasteiger partial charge is 0.0664 e. The third kappa shape index (κ3) is 3.17. The van der Waals surface area contributed by atoms with Crippen LogP contribution in [0.4, 0.5) is 0 Å². The summed E-state index contributed by atoms with van der Waals surface area (Å²) in [6.45, 7) is 8.12. The van der Waals surface area contributed by atoms with Crippen molar-refractivity contribution in [2.75, 3.05) is 6.54 Å². The summed E-state index contributed by atoms with van der Waals surface area (Å²) >= 11 is 12.0. The molecule has 0 saturated carbocycles. The van der Waals surface area contributed by atoms with Crippen LogP contribution >= 0.6 is 23.2 Å². The van der Waals surface area contributed by atoms with Gasteiger partial charge in [0, 0.05) is 17.8 Å². The van der Waals surface area contributed by atoms with Gasteiger partial charge >= 0.3 is 0 Å². The maximum Gasteiger partial charge on any atom is 0.0664 e. The average Bonchev–Trinajstić information content (AvgIpc) is 2.70. The van der Waals surface area contributed by atoms with Crippen molar-refractivity contribution in [3.63, 3.8) is 0 Å². The number of nitrogens with one attached hydrogen (secondary N) is 1. The van der Waals surface area contributed by atoms with E-state index in [1.807, 2.05) is 23.7 Å². The molecule has 0 bridgehead atoms. The van der Waals surface area contributed by atoms with Crippen molar-refractivity contribution < 1.29 is 0 Å². The first kappa shape index (κ1) is 15.4. The third-order valence-corrected chi connectivity index (χ3v) is 4.06. The zero-order valence-electron chi connectivity index (χ0n) is 12.0. The highest BCUT2D eigenvalue weighted by Gasteiger charge is 2.13. The Labute approximate surface area is 129 Å². The predicted molar refractivity (Wildman–Crippen MR) is 85.1 cm³/mol. The van der Waals surface area contributed by atoms with Gasteiger partial charge in [0.05, 0.1) is 21.4 Å². The lowest BCUT2D eigenvalue weighted by atomic mass is 10.2. The minimum absolute atomic E-state index is 0.544. The van der Waals surface area contributed by atoms with Gasteiger partial charge in [0.1, 0.15) is 0 Å². The number of rotatable bonds is 5. The molecule has 0 aliphatic carbocycles. The Balaban J connectivity index is 2.33. The van der Waals surface area contributed by atoms with Crippen LogP contribution in [-0.4, -0.2) is 16.3 Å². The van der Waals surface area contributed by atoms with E-state index >= 15 is 0 Å². The molecule has 1 aromatic carbocycles. The summed E-state index contributed by atoms with van der Waals surface area (Å²) in [6.07, 6.45) is 1.12. The van der Waals surface area contributed by atoms with Crippen LogP contribution in [-0.2, 0) is 6.54 Å². The summed E-state index contributed by atoms with van der Waals surface area (Å²) in [6, 6.07) is 5.56. The number of hydrogen-bond donors (Lipinski definition) is 1. The molecule has 0 aliphatic heterocycles. The van der Waals surface area contributed by atoms with E-state index in [9.17, 15) is 0 Å². The zero-order chi connectivity index (χ0) is 14.7. The van der Waals surface area contributed by atoms with E-state index in [2.05, 4.69) is 24.3 Å². The molecule has 1 heterocycles. The summed E-state index contributed by atoms with van der Waals surface area (Å²) in [5.41, 5.74) is 4.34. The van der Waals surface area contributed by atoms with Crippen LogP contribution in [0.25, 0.3) is 5.69 Å². The second kappa shape index (κ2) is 6.61. The maximum absolute atomic E-state index is 6.08. The van der Waals surface area contributed by atoms with Gasteiger partial charge in [-0.25, -0.2) is 4.68 Å². The number of halogens is 2. The standard InChI is InChI=1S/C15H19Cl2N3/c1-4-7-18-9-13-10(2)19-20(11(13)3)12-5-6-14(16)15(17)8-12/h5-6,8,18H,4,7,9H2,1-3H3. The van der Waals surface area contributed by atoms with Crippen molar-refractivity contribution in [2.45, 2.75) is 33.7 Å². The van der Waals surface area contributed by atoms with Gasteiger partial charge in [0.25, 0.3) is 0 Å². The van der Waals surface area contributed by atoms with Crippen molar-refractivity contribution in [3.8, 4) is 5.69 Å². The van der Waals surface area contributed by atoms with Crippen molar-refractivity contribution in [2.24, 2.45) is 0 Å². The summed E-state index contributed by atoms with van der Waals surface area (Å²) in [4.78, 5) is 0. The van der Waals surface area contributed by atoms with Gasteiger partial charge in [0.15, 0.2) is 0 Å². The molecular formula is C15H19Cl2N3. The highest BCUT2D eigenvalue weighted by molar-refractivity contribution is 6.42. The zero-order valence-corrected chi connectivity index (χ0v) is 13.5. The maximum atomic E-state index is 6.08. The Morgan fingerprint density at radius 1 is 1.20 bits per heavy atom. The van der Waals surface area contributed by atoms with Crippen LogP contribution in [0.15, 0.2) is 18.2 Å². The first-order valence-electron chi connectivity index (χ1n) is 6.75. The van der Waals surface area contributed by atoms with Crippen molar-refractivity contribution in [1.29, 1.82) is 0 Å². The van der Waals surface area contributed by atoms with Crippen molar-refractivity contribution >= 4 is 23.2 Å². The lowest BCUT2D eigenvalue weighted by molar-refractivity contribution is 0.670. The van der Waals surface area contributed by atoms with Gasteiger partial charge in [-0.05, 0) is 45.0 Å². The molecule has 0 aliphatic rings. The molecule has 108 valence electrons. The highest BCUT2D eigenvalue weighted by Crippen LogP contribution is 2.26. The lowest BCUT2D eigenvalue weighted by Gasteiger charge is -2.07. The van der Waals surface area contributed by atoms with E-state index in [1.54, 1.807) is 6.07 Å². The first-order chi connectivity index (χ1) is 9.54. The van der Waals surface area contributed by atoms with Crippen LogP contribution in [0.1, 0.15) is 30.3 Å². The van der Waals surface area contributed by atoms with Crippen LogP contribution in [0.2, 0.25) is 10.0 Å². The van der Waals surface area contributed by atoms with E-state index < -0.39 is 0 Å². The highest BCUT2D eigenvalue weighted by atomic mass is 35.5. The fourth-order valence-corrected chi connectivity index (χ4v) is 2.48. The van der Waals surface area contributed by atoms with Crippen LogP contribution < -0.4 is 5.32 Å². The summed E-state index contributed by atoms with van der Waals surface area (Å²) in [5, 5.41) is 9.12. The van der Waals surface area contributed by atoms with E-state index in [4.69, 9.17) is 23.2 Å². The normalized spacial score (nSPS) is 11.1. The third-order valence-electron chi connectivity index (χ3n) is 3.32. The molecule has 2 rings (SSSR count). The number of aryl methyl sites for hydroxylation is 1. The van der Waals surface area contributed by atoms with Gasteiger partial charge in [-0.15, -0.1) is 0 Å². The fraction of sp³-hybridized carbons (Fsp3) is 0.400. The molecule has 1 N–H and O–H groups in total. The Morgan fingerprint density at radius 3 is 2.60 bits per heavy atom. The molecule has 0 spiro atoms. The minimum atomic E-state index is 0.544. The number of benzene rings is 1. The molecule has 2 aromatic rings. The molecule has 0 radical (unpaired) electrons. The quantitative estimate of drug-likeness (QED) is 0.834. The number of nitrogens with zero attached hydrogens (tertiary/aromatic N) is 2. The van der Waals surface area contributed by atoms with Gasteiger partial charge in [-0.2, -0.15) is 5.10 Å². The van der Waals surface area contributed by atoms with Gasteiger partial charge in [-0.3, -0.25) is 0 Å². The Bertz CT molecular complexity index is 605. The lowest BCUT2D eigenvalue weighted by Crippen LogP contribution is -2.15. The Morgan fingerprint density at radius 2 is 1.95 bits per heavy atom. The molecule has 0 unspecified atom stereocenters. The van der Waals surface area contributed by atoms with Crippen LogP contribution in [0.5, 0.6) is 0 Å². The van der Waals surface area contributed by atoms with Gasteiger partial charge < -0.3 is 5.32 Å². The molecule has 20 heavy (non-hydrogen) atoms. The SMILES string of the molecule is CCCNCc1c(C)nn(-c2ccc(Cl)c(Cl)c2)c1C. The summed E-state index contributed by atoms with van der Waals surface area (Å²) in [7, 11) is 0. The average molecular weight is 312 g/mol. The largest absolute Gasteiger partial charge is 0.313 e. The molecule has 0 atom stereocenters. The fourth-order valence-electron chi connectivity index (χ4n) is 2.19. The van der Waals surface area contributed by atoms with Crippen LogP contribution in [0.3, 0.4) is 0 Å². The van der Waals surface area contributed by atoms with E-state index in [-0.39, 0.29) is 0 Å². The minimum Gasteiger partial charge on any atom is -0.313 e. The topological polar surface area (TPSA) is 29.9 Å². The van der Waals surface area contributed by atoms with E-state index in [1.165, 1.54) is 5.56 Å². The van der Waals surface area contributed by atoms with E-state index in [0.717, 1.165) is 36.6 Å². The number of aromatic nitrogens is 2. The van der Waals surface area contributed by atoms with Crippen molar-refractivity contribution in [3.05, 3.63) is 45.2 Å². The summed E-state index contributed by atoms with van der Waals surface area (Å²) in [5.74, 6) is 0. The van der Waals surface area contributed by atoms with Crippen LogP contribution in [0, 0.1) is 13.8 Å². The monoisotopic (exact) mass is 311 g/mol. The molecular weight excluding hydrogens is 293 g/mol. The second-order valence-corrected chi connectivity index (χ2v) is 5.65.